The maximum Gasteiger partial charge on any atom is 0.326 e. The molecule has 4 N–H and O–H groups in total. The van der Waals surface area contributed by atoms with Crippen molar-refractivity contribution in [1.29, 1.82) is 0 Å². The number of nitrogens with one attached hydrogen (secondary N) is 4. The summed E-state index contributed by atoms with van der Waals surface area (Å²) >= 11 is 0. The lowest BCUT2D eigenvalue weighted by Gasteiger charge is -2.13. The topological polar surface area (TPSA) is 124 Å². The molecule has 0 bridgehead atoms. The second-order valence-electron chi connectivity index (χ2n) is 6.53. The number of H-pyrrole nitrogens is 2. The summed E-state index contributed by atoms with van der Waals surface area (Å²) in [6.45, 7) is 0.234. The van der Waals surface area contributed by atoms with E-state index in [4.69, 9.17) is 0 Å². The second kappa shape index (κ2) is 7.98. The lowest BCUT2D eigenvalue weighted by Crippen LogP contribution is -2.37. The summed E-state index contributed by atoms with van der Waals surface area (Å²) < 4.78 is 13.2. The van der Waals surface area contributed by atoms with E-state index in [0.717, 1.165) is 6.07 Å². The molecule has 8 nitrogen and oxygen atoms in total. The van der Waals surface area contributed by atoms with Crippen molar-refractivity contribution in [3.05, 3.63) is 68.2 Å². The fourth-order valence-electron chi connectivity index (χ4n) is 3.19. The van der Waals surface area contributed by atoms with Crippen LogP contribution in [0.15, 0.2) is 39.9 Å². The van der Waals surface area contributed by atoms with Gasteiger partial charge < -0.3 is 15.6 Å². The number of carbonyl (C=O) groups excluding carboxylic acids is 2. The molecule has 9 heteroatoms. The van der Waals surface area contributed by atoms with Gasteiger partial charge in [-0.1, -0.05) is 12.1 Å². The largest absolute Gasteiger partial charge is 0.352 e. The second-order valence-corrected chi connectivity index (χ2v) is 6.53. The van der Waals surface area contributed by atoms with Gasteiger partial charge in [0.2, 0.25) is 5.91 Å². The van der Waals surface area contributed by atoms with Gasteiger partial charge in [-0.2, -0.15) is 0 Å². The van der Waals surface area contributed by atoms with E-state index in [1.807, 2.05) is 4.98 Å². The molecule has 2 amide bonds. The Bertz CT molecular complexity index is 940. The number of hydrogen-bond acceptors (Lipinski definition) is 4. The third-order valence-electron chi connectivity index (χ3n) is 4.50. The number of rotatable bonds is 5. The smallest absolute Gasteiger partial charge is 0.326 e. The summed E-state index contributed by atoms with van der Waals surface area (Å²) in [5.41, 5.74) is -0.870. The Hall–Kier alpha value is -3.23. The number of aromatic nitrogens is 2. The van der Waals surface area contributed by atoms with Crippen LogP contribution in [0.25, 0.3) is 0 Å². The van der Waals surface area contributed by atoms with E-state index >= 15 is 0 Å². The fourth-order valence-corrected chi connectivity index (χ4v) is 3.19. The number of amides is 2. The van der Waals surface area contributed by atoms with Gasteiger partial charge in [-0.3, -0.25) is 19.4 Å². The average molecular weight is 374 g/mol. The minimum absolute atomic E-state index is 0.122. The molecule has 1 aliphatic rings. The number of hydrogen-bond donors (Lipinski definition) is 4. The fraction of sp³-hybridized carbons (Fsp3) is 0.333. The van der Waals surface area contributed by atoms with E-state index in [1.54, 1.807) is 12.1 Å². The molecule has 0 aliphatic heterocycles. The highest BCUT2D eigenvalue weighted by atomic mass is 19.1. The highest BCUT2D eigenvalue weighted by molar-refractivity contribution is 5.92. The molecule has 142 valence electrons. The van der Waals surface area contributed by atoms with E-state index < -0.39 is 17.2 Å². The zero-order valence-corrected chi connectivity index (χ0v) is 14.4. The van der Waals surface area contributed by atoms with Crippen LogP contribution in [0.4, 0.5) is 4.39 Å². The van der Waals surface area contributed by atoms with Gasteiger partial charge >= 0.3 is 5.69 Å². The standard InChI is InChI=1S/C18H19FN4O4/c19-12-3-1-2-10(6-12)9-20-16(25)11-4-5-13(7-11)21-17(26)14-8-15(24)23-18(27)22-14/h1-3,6,8,11,13H,4-5,7,9H2,(H,20,25)(H,21,26)(H2,22,23,24,27). The highest BCUT2D eigenvalue weighted by Crippen LogP contribution is 2.26. The van der Waals surface area contributed by atoms with E-state index in [-0.39, 0.29) is 35.9 Å². The molecule has 1 heterocycles. The molecule has 27 heavy (non-hydrogen) atoms. The van der Waals surface area contributed by atoms with Crippen LogP contribution in [0.5, 0.6) is 0 Å². The summed E-state index contributed by atoms with van der Waals surface area (Å²) in [5.74, 6) is -1.34. The van der Waals surface area contributed by atoms with Crippen molar-refractivity contribution in [2.24, 2.45) is 5.92 Å². The van der Waals surface area contributed by atoms with Crippen molar-refractivity contribution in [2.75, 3.05) is 0 Å². The van der Waals surface area contributed by atoms with E-state index in [9.17, 15) is 23.6 Å². The number of carbonyl (C=O) groups is 2. The average Bonchev–Trinajstić information content (AvgIpc) is 3.07. The third-order valence-corrected chi connectivity index (χ3v) is 4.50. The zero-order valence-electron chi connectivity index (χ0n) is 14.4. The minimum Gasteiger partial charge on any atom is -0.352 e. The Labute approximate surface area is 153 Å². The summed E-state index contributed by atoms with van der Waals surface area (Å²) in [5, 5.41) is 5.50. The van der Waals surface area contributed by atoms with Gasteiger partial charge in [0, 0.05) is 24.6 Å². The Morgan fingerprint density at radius 1 is 1.15 bits per heavy atom. The minimum atomic E-state index is -0.756. The van der Waals surface area contributed by atoms with E-state index in [1.165, 1.54) is 12.1 Å². The lowest BCUT2D eigenvalue weighted by molar-refractivity contribution is -0.125. The van der Waals surface area contributed by atoms with Crippen molar-refractivity contribution in [3.63, 3.8) is 0 Å². The van der Waals surface area contributed by atoms with Crippen LogP contribution in [-0.2, 0) is 11.3 Å². The molecule has 1 fully saturated rings. The van der Waals surface area contributed by atoms with Crippen molar-refractivity contribution >= 4 is 11.8 Å². The SMILES string of the molecule is O=C(NC1CCC(C(=O)NCc2cccc(F)c2)C1)c1cc(=O)[nH]c(=O)[nH]1. The van der Waals surface area contributed by atoms with Crippen LogP contribution in [-0.4, -0.2) is 27.8 Å². The summed E-state index contributed by atoms with van der Waals surface area (Å²) in [6.07, 6.45) is 1.66. The molecule has 0 spiro atoms. The highest BCUT2D eigenvalue weighted by Gasteiger charge is 2.31. The molecule has 1 aromatic heterocycles. The molecule has 1 saturated carbocycles. The predicted octanol–water partition coefficient (Wildman–Crippen LogP) is 0.417. The summed E-state index contributed by atoms with van der Waals surface area (Å²) in [6, 6.07) is 6.78. The van der Waals surface area contributed by atoms with Gasteiger partial charge in [0.15, 0.2) is 0 Å². The zero-order chi connectivity index (χ0) is 19.4. The van der Waals surface area contributed by atoms with Gasteiger partial charge in [-0.05, 0) is 37.0 Å². The van der Waals surface area contributed by atoms with Crippen LogP contribution in [0.3, 0.4) is 0 Å². The van der Waals surface area contributed by atoms with Crippen LogP contribution in [0.1, 0.15) is 35.3 Å². The first-order valence-electron chi connectivity index (χ1n) is 8.57. The first-order chi connectivity index (χ1) is 12.9. The van der Waals surface area contributed by atoms with Gasteiger partial charge in [0.1, 0.15) is 11.5 Å². The first-order valence-corrected chi connectivity index (χ1v) is 8.57. The van der Waals surface area contributed by atoms with Crippen molar-refractivity contribution in [1.82, 2.24) is 20.6 Å². The molecular formula is C18H19FN4O4. The van der Waals surface area contributed by atoms with Crippen molar-refractivity contribution < 1.29 is 14.0 Å². The molecular weight excluding hydrogens is 355 g/mol. The maximum atomic E-state index is 13.2. The van der Waals surface area contributed by atoms with Gasteiger partial charge in [0.25, 0.3) is 11.5 Å². The first kappa shape index (κ1) is 18.6. The number of halogens is 1. The molecule has 1 aliphatic carbocycles. The number of benzene rings is 1. The third kappa shape index (κ3) is 4.90. The number of aromatic amines is 2. The van der Waals surface area contributed by atoms with Crippen molar-refractivity contribution in [3.8, 4) is 0 Å². The maximum absolute atomic E-state index is 13.2. The van der Waals surface area contributed by atoms with Crippen LogP contribution in [0, 0.1) is 11.7 Å². The van der Waals surface area contributed by atoms with Crippen molar-refractivity contribution in [2.45, 2.75) is 31.8 Å². The molecule has 2 atom stereocenters. The Morgan fingerprint density at radius 3 is 2.70 bits per heavy atom. The lowest BCUT2D eigenvalue weighted by atomic mass is 10.1. The normalized spacial score (nSPS) is 18.9. The molecule has 0 saturated heterocycles. The van der Waals surface area contributed by atoms with Crippen LogP contribution < -0.4 is 21.9 Å². The van der Waals surface area contributed by atoms with E-state index in [0.29, 0.717) is 24.8 Å². The quantitative estimate of drug-likeness (QED) is 0.605. The Kier molecular flexibility index (Phi) is 5.49. The Balaban J connectivity index is 1.52. The van der Waals surface area contributed by atoms with Gasteiger partial charge in [-0.15, -0.1) is 0 Å². The molecule has 2 aromatic rings. The molecule has 1 aromatic carbocycles. The van der Waals surface area contributed by atoms with Crippen LogP contribution >= 0.6 is 0 Å². The molecule has 2 unspecified atom stereocenters. The predicted molar refractivity (Wildman–Crippen MR) is 94.5 cm³/mol. The summed E-state index contributed by atoms with van der Waals surface area (Å²) in [7, 11) is 0. The van der Waals surface area contributed by atoms with Gasteiger partial charge in [-0.25, -0.2) is 9.18 Å². The van der Waals surface area contributed by atoms with Gasteiger partial charge in [0.05, 0.1) is 0 Å². The summed E-state index contributed by atoms with van der Waals surface area (Å²) in [4.78, 5) is 51.2. The monoisotopic (exact) mass is 374 g/mol. The molecule has 0 radical (unpaired) electrons. The van der Waals surface area contributed by atoms with E-state index in [2.05, 4.69) is 15.6 Å². The van der Waals surface area contributed by atoms with Crippen LogP contribution in [0.2, 0.25) is 0 Å². The molecule has 3 rings (SSSR count). The Morgan fingerprint density at radius 2 is 1.96 bits per heavy atom.